The fourth-order valence-corrected chi connectivity index (χ4v) is 4.40. The van der Waals surface area contributed by atoms with Crippen LogP contribution in [0.5, 0.6) is 5.75 Å². The van der Waals surface area contributed by atoms with Crippen molar-refractivity contribution in [2.45, 2.75) is 6.18 Å². The number of hydrogen-bond donors (Lipinski definition) is 1. The lowest BCUT2D eigenvalue weighted by molar-refractivity contribution is -0.192. The molecule has 0 bridgehead atoms. The summed E-state index contributed by atoms with van der Waals surface area (Å²) in [5, 5.41) is 11.8. The molecule has 0 saturated carbocycles. The Kier molecular flexibility index (Phi) is 5.46. The van der Waals surface area contributed by atoms with Crippen molar-refractivity contribution in [2.24, 2.45) is 5.41 Å². The Morgan fingerprint density at radius 2 is 1.50 bits per heavy atom. The van der Waals surface area contributed by atoms with Crippen molar-refractivity contribution in [3.63, 3.8) is 0 Å². The predicted octanol–water partition coefficient (Wildman–Crippen LogP) is 4.37. The average Bonchev–Trinajstić information content (AvgIpc) is 2.69. The van der Waals surface area contributed by atoms with E-state index in [1.165, 1.54) is 10.8 Å². The number of fused-ring (bicyclic) bond motifs is 3. The first-order chi connectivity index (χ1) is 15.1. The van der Waals surface area contributed by atoms with Crippen LogP contribution in [0.2, 0.25) is 0 Å². The Morgan fingerprint density at radius 1 is 0.938 bits per heavy atom. The lowest BCUT2D eigenvalue weighted by Gasteiger charge is -2.58. The number of hydrogen-bond acceptors (Lipinski definition) is 4. The fourth-order valence-electron chi connectivity index (χ4n) is 4.40. The molecule has 3 aromatic carbocycles. The third-order valence-corrected chi connectivity index (χ3v) is 5.69. The van der Waals surface area contributed by atoms with E-state index in [-0.39, 0.29) is 6.09 Å². The third-order valence-electron chi connectivity index (χ3n) is 5.69. The highest BCUT2D eigenvalue weighted by atomic mass is 19.4. The van der Waals surface area contributed by atoms with Gasteiger partial charge in [-0.05, 0) is 40.7 Å². The van der Waals surface area contributed by atoms with Crippen LogP contribution in [-0.2, 0) is 4.79 Å². The van der Waals surface area contributed by atoms with Crippen LogP contribution in [0.3, 0.4) is 0 Å². The number of alkyl halides is 3. The van der Waals surface area contributed by atoms with Crippen molar-refractivity contribution >= 4 is 33.6 Å². The zero-order valence-corrected chi connectivity index (χ0v) is 17.2. The summed E-state index contributed by atoms with van der Waals surface area (Å²) < 4.78 is 37.4. The number of benzene rings is 3. The van der Waals surface area contributed by atoms with E-state index in [4.69, 9.17) is 14.6 Å². The molecular formula is C23H21F3N2O4. The maximum Gasteiger partial charge on any atom is 0.490 e. The molecule has 2 heterocycles. The Hall–Kier alpha value is -3.33. The van der Waals surface area contributed by atoms with Crippen molar-refractivity contribution in [3.8, 4) is 5.75 Å². The summed E-state index contributed by atoms with van der Waals surface area (Å²) in [6, 6.07) is 18.4. The number of aliphatic carboxylic acids is 1. The van der Waals surface area contributed by atoms with Gasteiger partial charge in [0.2, 0.25) is 0 Å². The second-order valence-electron chi connectivity index (χ2n) is 8.37. The number of carbonyl (C=O) groups is 2. The van der Waals surface area contributed by atoms with Gasteiger partial charge in [-0.25, -0.2) is 9.59 Å². The molecule has 6 nitrogen and oxygen atoms in total. The van der Waals surface area contributed by atoms with Gasteiger partial charge in [0.25, 0.3) is 0 Å². The van der Waals surface area contributed by atoms with Crippen LogP contribution >= 0.6 is 0 Å². The molecule has 2 saturated heterocycles. The lowest BCUT2D eigenvalue weighted by atomic mass is 9.73. The van der Waals surface area contributed by atoms with Gasteiger partial charge in [-0.3, -0.25) is 0 Å². The molecule has 0 aliphatic carbocycles. The summed E-state index contributed by atoms with van der Waals surface area (Å²) in [7, 11) is 2.12. The molecule has 0 aromatic heterocycles. The highest BCUT2D eigenvalue weighted by Gasteiger charge is 2.52. The van der Waals surface area contributed by atoms with Gasteiger partial charge in [0.1, 0.15) is 5.75 Å². The molecule has 0 unspecified atom stereocenters. The van der Waals surface area contributed by atoms with E-state index in [9.17, 15) is 18.0 Å². The van der Waals surface area contributed by atoms with Crippen LogP contribution in [0.1, 0.15) is 0 Å². The number of carboxylic acids is 1. The monoisotopic (exact) mass is 446 g/mol. The molecule has 1 spiro atoms. The van der Waals surface area contributed by atoms with Crippen molar-refractivity contribution in [2.75, 3.05) is 33.2 Å². The number of halogens is 3. The summed E-state index contributed by atoms with van der Waals surface area (Å²) in [6.07, 6.45) is -5.32. The second kappa shape index (κ2) is 7.98. The molecule has 5 rings (SSSR count). The van der Waals surface area contributed by atoms with Crippen LogP contribution in [0.15, 0.2) is 54.6 Å². The molecule has 2 aliphatic rings. The topological polar surface area (TPSA) is 70.1 Å². The quantitative estimate of drug-likeness (QED) is 0.562. The van der Waals surface area contributed by atoms with E-state index in [2.05, 4.69) is 36.2 Å². The molecule has 1 N–H and O–H groups in total. The molecule has 0 radical (unpaired) electrons. The Bertz CT molecular complexity index is 1180. The number of ether oxygens (including phenoxy) is 1. The molecule has 2 fully saturated rings. The largest absolute Gasteiger partial charge is 0.490 e. The normalized spacial score (nSPS) is 17.3. The average molecular weight is 446 g/mol. The van der Waals surface area contributed by atoms with Crippen LogP contribution < -0.4 is 4.74 Å². The van der Waals surface area contributed by atoms with E-state index in [0.717, 1.165) is 37.0 Å². The van der Waals surface area contributed by atoms with Gasteiger partial charge in [-0.15, -0.1) is 0 Å². The first-order valence-corrected chi connectivity index (χ1v) is 9.93. The third kappa shape index (κ3) is 4.34. The maximum atomic E-state index is 12.4. The molecule has 32 heavy (non-hydrogen) atoms. The van der Waals surface area contributed by atoms with Crippen LogP contribution in [0.4, 0.5) is 18.0 Å². The van der Waals surface area contributed by atoms with Crippen LogP contribution in [-0.4, -0.2) is 66.4 Å². The molecule has 2 aliphatic heterocycles. The summed E-state index contributed by atoms with van der Waals surface area (Å²) in [6.45, 7) is 3.79. The summed E-state index contributed by atoms with van der Waals surface area (Å²) in [5.74, 6) is -2.15. The minimum atomic E-state index is -5.08. The van der Waals surface area contributed by atoms with Crippen molar-refractivity contribution in [1.29, 1.82) is 0 Å². The number of carboxylic acid groups (broad SMARTS) is 1. The zero-order chi connectivity index (χ0) is 23.1. The second-order valence-corrected chi connectivity index (χ2v) is 8.37. The van der Waals surface area contributed by atoms with Gasteiger partial charge in [-0.1, -0.05) is 42.5 Å². The first kappa shape index (κ1) is 21.9. The predicted molar refractivity (Wildman–Crippen MR) is 113 cm³/mol. The minimum absolute atomic E-state index is 0.236. The maximum absolute atomic E-state index is 12.4. The molecule has 3 aromatic rings. The number of carbonyl (C=O) groups excluding carboxylic acids is 1. The number of rotatable bonds is 1. The zero-order valence-electron chi connectivity index (χ0n) is 17.2. The van der Waals surface area contributed by atoms with Gasteiger partial charge in [0, 0.05) is 31.6 Å². The highest BCUT2D eigenvalue weighted by molar-refractivity contribution is 6.07. The number of likely N-dealkylation sites (tertiary alicyclic amines) is 2. The van der Waals surface area contributed by atoms with Crippen molar-refractivity contribution in [1.82, 2.24) is 9.80 Å². The van der Waals surface area contributed by atoms with E-state index in [1.807, 2.05) is 30.3 Å². The minimum Gasteiger partial charge on any atom is -0.475 e. The highest BCUT2D eigenvalue weighted by Crippen LogP contribution is 2.39. The first-order valence-electron chi connectivity index (χ1n) is 9.93. The van der Waals surface area contributed by atoms with E-state index in [1.54, 1.807) is 4.90 Å². The summed E-state index contributed by atoms with van der Waals surface area (Å²) in [5.41, 5.74) is 0.327. The lowest BCUT2D eigenvalue weighted by Crippen LogP contribution is -2.72. The Balaban J connectivity index is 0.000000307. The Morgan fingerprint density at radius 3 is 2.09 bits per heavy atom. The molecule has 9 heteroatoms. The summed E-state index contributed by atoms with van der Waals surface area (Å²) in [4.78, 5) is 25.4. The van der Waals surface area contributed by atoms with Gasteiger partial charge in [-0.2, -0.15) is 13.2 Å². The van der Waals surface area contributed by atoms with Crippen LogP contribution in [0.25, 0.3) is 21.5 Å². The summed E-state index contributed by atoms with van der Waals surface area (Å²) >= 11 is 0. The van der Waals surface area contributed by atoms with Gasteiger partial charge >= 0.3 is 18.2 Å². The van der Waals surface area contributed by atoms with Gasteiger partial charge in [0.15, 0.2) is 0 Å². The fraction of sp³-hybridized carbons (Fsp3) is 0.304. The molecule has 168 valence electrons. The van der Waals surface area contributed by atoms with E-state index < -0.39 is 12.1 Å². The van der Waals surface area contributed by atoms with Crippen molar-refractivity contribution < 1.29 is 32.6 Å². The SMILES string of the molecule is CN1CC2(C1)CN(C(=O)Oc1ccc3ccc4ccccc4c3c1)C2.O=C(O)C(F)(F)F. The standard InChI is InChI=1S/C21H20N2O2.C2HF3O2/c1-22-11-21(12-22)13-23(14-21)20(24)25-17-9-8-16-7-6-15-4-2-3-5-18(15)19(16)10-17;3-2(4,5)1(6)7/h2-10H,11-14H2,1H3;(H,6,7). The smallest absolute Gasteiger partial charge is 0.475 e. The van der Waals surface area contributed by atoms with Crippen LogP contribution in [0, 0.1) is 5.41 Å². The molecular weight excluding hydrogens is 425 g/mol. The van der Waals surface area contributed by atoms with E-state index >= 15 is 0 Å². The Labute approximate surface area is 181 Å². The van der Waals surface area contributed by atoms with Gasteiger partial charge in [0.05, 0.1) is 0 Å². The molecule has 1 amide bonds. The van der Waals surface area contributed by atoms with Crippen molar-refractivity contribution in [3.05, 3.63) is 54.6 Å². The molecule has 0 atom stereocenters. The number of nitrogens with zero attached hydrogens (tertiary/aromatic N) is 2. The van der Waals surface area contributed by atoms with Gasteiger partial charge < -0.3 is 19.6 Å². The van der Waals surface area contributed by atoms with E-state index in [0.29, 0.717) is 11.2 Å². The number of amides is 1.